The van der Waals surface area contributed by atoms with E-state index in [4.69, 9.17) is 4.74 Å². The third kappa shape index (κ3) is 3.95. The van der Waals surface area contributed by atoms with E-state index < -0.39 is 10.0 Å². The van der Waals surface area contributed by atoms with Crippen molar-refractivity contribution < 1.29 is 13.2 Å². The maximum atomic E-state index is 13.3. The predicted octanol–water partition coefficient (Wildman–Crippen LogP) is 2.79. The Bertz CT molecular complexity index is 1150. The Morgan fingerprint density at radius 3 is 2.93 bits per heavy atom. The number of methoxy groups -OCH3 is 1. The van der Waals surface area contributed by atoms with E-state index in [9.17, 15) is 8.42 Å². The number of fused-ring (bicyclic) bond motifs is 1. The zero-order valence-corrected chi connectivity index (χ0v) is 17.4. The van der Waals surface area contributed by atoms with Crippen LogP contribution >= 0.6 is 0 Å². The second-order valence-corrected chi connectivity index (χ2v) is 9.13. The average Bonchev–Trinajstić information content (AvgIpc) is 2.94. The van der Waals surface area contributed by atoms with Crippen LogP contribution in [0.5, 0.6) is 5.75 Å². The highest BCUT2D eigenvalue weighted by Gasteiger charge is 2.23. The van der Waals surface area contributed by atoms with Crippen molar-refractivity contribution >= 4 is 20.9 Å². The van der Waals surface area contributed by atoms with Gasteiger partial charge in [0.2, 0.25) is 0 Å². The third-order valence-electron chi connectivity index (χ3n) is 5.24. The van der Waals surface area contributed by atoms with Crippen LogP contribution in [-0.2, 0) is 16.6 Å². The van der Waals surface area contributed by atoms with Gasteiger partial charge in [0, 0.05) is 49.9 Å². The normalized spacial score (nSPS) is 20.1. The Morgan fingerprint density at radius 1 is 1.28 bits per heavy atom. The van der Waals surface area contributed by atoms with Gasteiger partial charge in [-0.25, -0.2) is 12.4 Å². The molecule has 1 fully saturated rings. The number of hydrogen-bond donors (Lipinski definition) is 1. The van der Waals surface area contributed by atoms with E-state index in [1.165, 1.54) is 3.97 Å². The molecular formula is C22H25N3O3S. The van der Waals surface area contributed by atoms with Gasteiger partial charge in [-0.1, -0.05) is 24.0 Å². The Balaban J connectivity index is 1.79. The minimum Gasteiger partial charge on any atom is -0.497 e. The zero-order chi connectivity index (χ0) is 20.4. The highest BCUT2D eigenvalue weighted by molar-refractivity contribution is 7.94. The SMILES string of the molecule is COc1cc(CN2CCNC(C)C2)c2ccn(S(=O)(=O)C3=C=CC=CC=C3)c2c1. The summed E-state index contributed by atoms with van der Waals surface area (Å²) in [7, 11) is -2.17. The summed E-state index contributed by atoms with van der Waals surface area (Å²) in [6, 6.07) is 6.08. The van der Waals surface area contributed by atoms with Crippen LogP contribution in [0.2, 0.25) is 0 Å². The summed E-state index contributed by atoms with van der Waals surface area (Å²) in [5.41, 5.74) is 4.52. The van der Waals surface area contributed by atoms with Crippen LogP contribution in [0.1, 0.15) is 12.5 Å². The number of benzene rings is 1. The van der Waals surface area contributed by atoms with Gasteiger partial charge < -0.3 is 10.1 Å². The van der Waals surface area contributed by atoms with E-state index in [-0.39, 0.29) is 4.91 Å². The number of allylic oxidation sites excluding steroid dienone is 4. The zero-order valence-electron chi connectivity index (χ0n) is 16.6. The number of aromatic nitrogens is 1. The standard InChI is InChI=1S/C22H25N3O3S/c1-17-15-24(12-10-23-17)16-18-13-19(28-2)14-22-21(18)9-11-25(22)29(26,27)20-7-5-3-4-6-8-20/h3-7,9,11,13-14,17,23H,10,12,15-16H2,1-2H3. The number of nitrogens with one attached hydrogen (secondary N) is 1. The molecule has 6 nitrogen and oxygen atoms in total. The summed E-state index contributed by atoms with van der Waals surface area (Å²) in [4.78, 5) is 2.51. The molecule has 1 N–H and O–H groups in total. The lowest BCUT2D eigenvalue weighted by Crippen LogP contribution is -2.48. The highest BCUT2D eigenvalue weighted by atomic mass is 32.2. The van der Waals surface area contributed by atoms with Crippen molar-refractivity contribution in [3.05, 3.63) is 71.0 Å². The second-order valence-electron chi connectivity index (χ2n) is 7.35. The molecule has 1 aromatic carbocycles. The molecule has 4 rings (SSSR count). The van der Waals surface area contributed by atoms with Crippen molar-refractivity contribution in [2.75, 3.05) is 26.7 Å². The molecule has 152 valence electrons. The van der Waals surface area contributed by atoms with Crippen LogP contribution in [0, 0.1) is 0 Å². The number of ether oxygens (including phenoxy) is 1. The highest BCUT2D eigenvalue weighted by Crippen LogP contribution is 2.30. The van der Waals surface area contributed by atoms with E-state index in [2.05, 4.69) is 22.9 Å². The molecule has 1 atom stereocenters. The summed E-state index contributed by atoms with van der Waals surface area (Å²) in [5, 5.41) is 4.37. The molecule has 1 unspecified atom stereocenters. The van der Waals surface area contributed by atoms with Crippen LogP contribution in [0.15, 0.2) is 65.4 Å². The Hall–Kier alpha value is -2.57. The average molecular weight is 412 g/mol. The van der Waals surface area contributed by atoms with Crippen LogP contribution in [0.25, 0.3) is 10.9 Å². The number of nitrogens with zero attached hydrogens (tertiary/aromatic N) is 2. The molecule has 2 heterocycles. The molecule has 0 bridgehead atoms. The van der Waals surface area contributed by atoms with Crippen molar-refractivity contribution in [1.82, 2.24) is 14.2 Å². The molecule has 0 amide bonds. The lowest BCUT2D eigenvalue weighted by molar-refractivity contribution is 0.200. The summed E-state index contributed by atoms with van der Waals surface area (Å²) < 4.78 is 33.3. The molecule has 2 aromatic rings. The molecular weight excluding hydrogens is 386 g/mol. The summed E-state index contributed by atoms with van der Waals surface area (Å²) >= 11 is 0. The lowest BCUT2D eigenvalue weighted by Gasteiger charge is -2.32. The van der Waals surface area contributed by atoms with Crippen LogP contribution in [0.3, 0.4) is 0 Å². The van der Waals surface area contributed by atoms with E-state index in [1.807, 2.05) is 12.1 Å². The van der Waals surface area contributed by atoms with E-state index >= 15 is 0 Å². The molecule has 1 aliphatic heterocycles. The minimum absolute atomic E-state index is 0.125. The summed E-state index contributed by atoms with van der Waals surface area (Å²) in [6.45, 7) is 5.78. The van der Waals surface area contributed by atoms with Crippen molar-refractivity contribution in [2.45, 2.75) is 19.5 Å². The first-order valence-electron chi connectivity index (χ1n) is 9.68. The van der Waals surface area contributed by atoms with Gasteiger partial charge in [-0.05, 0) is 36.8 Å². The molecule has 0 saturated carbocycles. The van der Waals surface area contributed by atoms with E-state index in [0.29, 0.717) is 17.3 Å². The van der Waals surface area contributed by atoms with Gasteiger partial charge >= 0.3 is 0 Å². The van der Waals surface area contributed by atoms with Gasteiger partial charge in [0.15, 0.2) is 0 Å². The first-order chi connectivity index (χ1) is 14.0. The molecule has 1 saturated heterocycles. The van der Waals surface area contributed by atoms with Crippen molar-refractivity contribution in [2.24, 2.45) is 0 Å². The molecule has 1 aromatic heterocycles. The Morgan fingerprint density at radius 2 is 2.14 bits per heavy atom. The summed E-state index contributed by atoms with van der Waals surface area (Å²) in [6.07, 6.45) is 10.0. The van der Waals surface area contributed by atoms with Gasteiger partial charge in [-0.15, -0.1) is 0 Å². The topological polar surface area (TPSA) is 63.6 Å². The monoisotopic (exact) mass is 411 g/mol. The molecule has 1 aliphatic carbocycles. The summed E-state index contributed by atoms with van der Waals surface area (Å²) in [5.74, 6) is 0.647. The van der Waals surface area contributed by atoms with Gasteiger partial charge in [0.1, 0.15) is 10.7 Å². The van der Waals surface area contributed by atoms with Crippen LogP contribution < -0.4 is 10.1 Å². The fourth-order valence-electron chi connectivity index (χ4n) is 3.83. The van der Waals surface area contributed by atoms with Crippen molar-refractivity contribution in [3.63, 3.8) is 0 Å². The minimum atomic E-state index is -3.77. The Labute approximate surface area is 171 Å². The fourth-order valence-corrected chi connectivity index (χ4v) is 5.14. The molecule has 29 heavy (non-hydrogen) atoms. The van der Waals surface area contributed by atoms with Crippen molar-refractivity contribution in [3.8, 4) is 5.75 Å². The Kier molecular flexibility index (Phi) is 5.48. The second kappa shape index (κ2) is 8.05. The molecule has 7 heteroatoms. The largest absolute Gasteiger partial charge is 0.497 e. The number of piperazine rings is 1. The molecule has 0 radical (unpaired) electrons. The van der Waals surface area contributed by atoms with E-state index in [1.54, 1.807) is 49.8 Å². The maximum Gasteiger partial charge on any atom is 0.275 e. The maximum absolute atomic E-state index is 13.3. The van der Waals surface area contributed by atoms with E-state index in [0.717, 1.165) is 37.1 Å². The quantitative estimate of drug-likeness (QED) is 0.767. The predicted molar refractivity (Wildman–Crippen MR) is 115 cm³/mol. The first kappa shape index (κ1) is 19.7. The van der Waals surface area contributed by atoms with Gasteiger partial charge in [-0.3, -0.25) is 4.90 Å². The third-order valence-corrected chi connectivity index (χ3v) is 6.89. The number of rotatable bonds is 5. The molecule has 2 aliphatic rings. The number of hydrogen-bond acceptors (Lipinski definition) is 5. The smallest absolute Gasteiger partial charge is 0.275 e. The fraction of sp³-hybridized carbons (Fsp3) is 0.318. The van der Waals surface area contributed by atoms with Crippen LogP contribution in [0.4, 0.5) is 0 Å². The van der Waals surface area contributed by atoms with Crippen LogP contribution in [-0.4, -0.2) is 50.1 Å². The first-order valence-corrected chi connectivity index (χ1v) is 11.1. The van der Waals surface area contributed by atoms with Gasteiger partial charge in [-0.2, -0.15) is 0 Å². The van der Waals surface area contributed by atoms with Gasteiger partial charge in [0.05, 0.1) is 12.6 Å². The van der Waals surface area contributed by atoms with Gasteiger partial charge in [0.25, 0.3) is 10.0 Å². The molecule has 0 spiro atoms. The van der Waals surface area contributed by atoms with Crippen molar-refractivity contribution in [1.29, 1.82) is 0 Å². The lowest BCUT2D eigenvalue weighted by atomic mass is 10.1.